The Morgan fingerprint density at radius 1 is 1.53 bits per heavy atom. The molecule has 0 radical (unpaired) electrons. The van der Waals surface area contributed by atoms with Gasteiger partial charge in [0.05, 0.1) is 17.6 Å². The molecule has 1 heterocycles. The Labute approximate surface area is 98.9 Å². The maximum absolute atomic E-state index is 9.98. The average molecular weight is 225 g/mol. The number of phenols is 1. The van der Waals surface area contributed by atoms with Crippen LogP contribution >= 0.6 is 0 Å². The van der Waals surface area contributed by atoms with Gasteiger partial charge in [0.15, 0.2) is 0 Å². The number of rotatable bonds is 3. The van der Waals surface area contributed by atoms with Crippen molar-refractivity contribution in [2.75, 3.05) is 0 Å². The van der Waals surface area contributed by atoms with Gasteiger partial charge in [-0.3, -0.25) is 0 Å². The van der Waals surface area contributed by atoms with Crippen molar-refractivity contribution in [1.29, 1.82) is 5.26 Å². The maximum Gasteiger partial charge on any atom is 0.137 e. The molecule has 0 aliphatic carbocycles. The third kappa shape index (κ3) is 1.91. The van der Waals surface area contributed by atoms with E-state index in [0.29, 0.717) is 5.56 Å². The molecule has 0 saturated heterocycles. The van der Waals surface area contributed by atoms with Crippen LogP contribution in [0.2, 0.25) is 0 Å². The SMILES string of the molecule is C=CC(c1c[nH]cn1)c1cccc(C#N)c1O. The van der Waals surface area contributed by atoms with Crippen molar-refractivity contribution in [2.24, 2.45) is 0 Å². The van der Waals surface area contributed by atoms with Gasteiger partial charge in [-0.05, 0) is 6.07 Å². The van der Waals surface area contributed by atoms with E-state index < -0.39 is 0 Å². The van der Waals surface area contributed by atoms with E-state index in [1.165, 1.54) is 0 Å². The summed E-state index contributed by atoms with van der Waals surface area (Å²) in [5.74, 6) is -0.238. The van der Waals surface area contributed by atoms with Gasteiger partial charge < -0.3 is 10.1 Å². The molecule has 1 aromatic carbocycles. The van der Waals surface area contributed by atoms with E-state index in [4.69, 9.17) is 5.26 Å². The quantitative estimate of drug-likeness (QED) is 0.787. The number of nitrogens with zero attached hydrogens (tertiary/aromatic N) is 2. The van der Waals surface area contributed by atoms with Crippen LogP contribution in [0.15, 0.2) is 43.4 Å². The van der Waals surface area contributed by atoms with Gasteiger partial charge in [-0.2, -0.15) is 5.26 Å². The number of H-pyrrole nitrogens is 1. The molecule has 0 amide bonds. The molecule has 2 aromatic rings. The minimum absolute atomic E-state index is 0.0112. The predicted molar refractivity (Wildman–Crippen MR) is 63.4 cm³/mol. The van der Waals surface area contributed by atoms with E-state index in [1.54, 1.807) is 36.8 Å². The molecule has 0 fully saturated rings. The Bertz CT molecular complexity index is 567. The summed E-state index contributed by atoms with van der Waals surface area (Å²) >= 11 is 0. The smallest absolute Gasteiger partial charge is 0.137 e. The van der Waals surface area contributed by atoms with Gasteiger partial charge in [0.2, 0.25) is 0 Å². The van der Waals surface area contributed by atoms with Crippen LogP contribution in [0.5, 0.6) is 5.75 Å². The van der Waals surface area contributed by atoms with Crippen molar-refractivity contribution in [3.63, 3.8) is 0 Å². The molecule has 4 nitrogen and oxygen atoms in total. The lowest BCUT2D eigenvalue weighted by Crippen LogP contribution is -1.99. The lowest BCUT2D eigenvalue weighted by Gasteiger charge is -2.12. The van der Waals surface area contributed by atoms with Crippen molar-refractivity contribution in [3.8, 4) is 11.8 Å². The number of hydrogen-bond acceptors (Lipinski definition) is 3. The Morgan fingerprint density at radius 3 is 2.94 bits per heavy atom. The summed E-state index contributed by atoms with van der Waals surface area (Å²) < 4.78 is 0. The number of nitrogens with one attached hydrogen (secondary N) is 1. The van der Waals surface area contributed by atoms with Crippen LogP contribution in [0.4, 0.5) is 0 Å². The van der Waals surface area contributed by atoms with Gasteiger partial charge in [0.25, 0.3) is 0 Å². The molecule has 2 rings (SSSR count). The fourth-order valence-corrected chi connectivity index (χ4v) is 1.75. The first-order chi connectivity index (χ1) is 8.27. The fraction of sp³-hybridized carbons (Fsp3) is 0.0769. The van der Waals surface area contributed by atoms with E-state index in [-0.39, 0.29) is 17.2 Å². The number of imidazole rings is 1. The molecule has 0 saturated carbocycles. The van der Waals surface area contributed by atoms with Gasteiger partial charge in [0, 0.05) is 17.7 Å². The van der Waals surface area contributed by atoms with E-state index >= 15 is 0 Å². The van der Waals surface area contributed by atoms with Gasteiger partial charge in [-0.25, -0.2) is 4.98 Å². The third-order valence-electron chi connectivity index (χ3n) is 2.60. The Balaban J connectivity index is 2.53. The summed E-state index contributed by atoms with van der Waals surface area (Å²) in [5, 5.41) is 18.9. The largest absolute Gasteiger partial charge is 0.506 e. The predicted octanol–water partition coefficient (Wildman–Crippen LogP) is 2.30. The molecule has 0 aliphatic heterocycles. The lowest BCUT2D eigenvalue weighted by molar-refractivity contribution is 0.465. The van der Waals surface area contributed by atoms with Crippen molar-refractivity contribution in [3.05, 3.63) is 60.2 Å². The van der Waals surface area contributed by atoms with Gasteiger partial charge in [-0.1, -0.05) is 18.2 Å². The van der Waals surface area contributed by atoms with E-state index in [2.05, 4.69) is 16.5 Å². The second kappa shape index (κ2) is 4.54. The monoisotopic (exact) mass is 225 g/mol. The number of para-hydroxylation sites is 1. The number of aromatic nitrogens is 2. The van der Waals surface area contributed by atoms with Crippen LogP contribution in [0.3, 0.4) is 0 Å². The first-order valence-corrected chi connectivity index (χ1v) is 5.11. The maximum atomic E-state index is 9.98. The summed E-state index contributed by atoms with van der Waals surface area (Å²) in [5.41, 5.74) is 1.64. The fourth-order valence-electron chi connectivity index (χ4n) is 1.75. The van der Waals surface area contributed by atoms with Crippen LogP contribution < -0.4 is 0 Å². The standard InChI is InChI=1S/C13H11N3O/c1-2-10(12-7-15-8-16-12)11-5-3-4-9(6-14)13(11)17/h2-5,7-8,10,17H,1H2,(H,15,16). The summed E-state index contributed by atoms with van der Waals surface area (Å²) in [7, 11) is 0. The first-order valence-electron chi connectivity index (χ1n) is 5.11. The second-order valence-electron chi connectivity index (χ2n) is 3.56. The van der Waals surface area contributed by atoms with Crippen LogP contribution in [-0.2, 0) is 0 Å². The van der Waals surface area contributed by atoms with Gasteiger partial charge in [0.1, 0.15) is 11.8 Å². The molecule has 0 spiro atoms. The third-order valence-corrected chi connectivity index (χ3v) is 2.60. The minimum Gasteiger partial charge on any atom is -0.506 e. The molecule has 17 heavy (non-hydrogen) atoms. The van der Waals surface area contributed by atoms with Crippen molar-refractivity contribution >= 4 is 0 Å². The molecule has 1 aromatic heterocycles. The Morgan fingerprint density at radius 2 is 2.35 bits per heavy atom. The van der Waals surface area contributed by atoms with Crippen molar-refractivity contribution in [1.82, 2.24) is 9.97 Å². The van der Waals surface area contributed by atoms with Crippen LogP contribution in [0.1, 0.15) is 22.7 Å². The molecule has 1 unspecified atom stereocenters. The number of phenolic OH excluding ortho intramolecular Hbond substituents is 1. The Kier molecular flexibility index (Phi) is 2.93. The summed E-state index contributed by atoms with van der Waals surface area (Å²) in [6, 6.07) is 7.01. The lowest BCUT2D eigenvalue weighted by atomic mass is 9.94. The molecule has 1 atom stereocenters. The second-order valence-corrected chi connectivity index (χ2v) is 3.56. The zero-order chi connectivity index (χ0) is 12.3. The summed E-state index contributed by atoms with van der Waals surface area (Å²) in [6.07, 6.45) is 4.99. The highest BCUT2D eigenvalue weighted by atomic mass is 16.3. The minimum atomic E-state index is -0.227. The first kappa shape index (κ1) is 11.0. The van der Waals surface area contributed by atoms with Gasteiger partial charge in [-0.15, -0.1) is 6.58 Å². The van der Waals surface area contributed by atoms with Crippen LogP contribution in [-0.4, -0.2) is 15.1 Å². The number of aromatic hydroxyl groups is 1. The highest BCUT2D eigenvalue weighted by molar-refractivity contribution is 5.51. The molecular formula is C13H11N3O. The zero-order valence-corrected chi connectivity index (χ0v) is 9.09. The van der Waals surface area contributed by atoms with E-state index in [0.717, 1.165) is 5.69 Å². The zero-order valence-electron chi connectivity index (χ0n) is 9.09. The number of allylic oxidation sites excluding steroid dienone is 1. The average Bonchev–Trinajstić information content (AvgIpc) is 2.86. The number of hydrogen-bond donors (Lipinski definition) is 2. The van der Waals surface area contributed by atoms with Crippen molar-refractivity contribution in [2.45, 2.75) is 5.92 Å². The summed E-state index contributed by atoms with van der Waals surface area (Å²) in [6.45, 7) is 3.74. The number of nitriles is 1. The Hall–Kier alpha value is -2.54. The highest BCUT2D eigenvalue weighted by Crippen LogP contribution is 2.32. The molecule has 2 N–H and O–H groups in total. The highest BCUT2D eigenvalue weighted by Gasteiger charge is 2.17. The molecule has 0 aliphatic rings. The topological polar surface area (TPSA) is 72.7 Å². The van der Waals surface area contributed by atoms with Crippen LogP contribution in [0, 0.1) is 11.3 Å². The molecule has 0 bridgehead atoms. The van der Waals surface area contributed by atoms with Crippen molar-refractivity contribution < 1.29 is 5.11 Å². The van der Waals surface area contributed by atoms with E-state index in [1.807, 2.05) is 6.07 Å². The van der Waals surface area contributed by atoms with Gasteiger partial charge >= 0.3 is 0 Å². The normalized spacial score (nSPS) is 11.7. The van der Waals surface area contributed by atoms with E-state index in [9.17, 15) is 5.11 Å². The number of aromatic amines is 1. The molecule has 84 valence electrons. The number of benzene rings is 1. The van der Waals surface area contributed by atoms with Crippen LogP contribution in [0.25, 0.3) is 0 Å². The molecular weight excluding hydrogens is 214 g/mol. The summed E-state index contributed by atoms with van der Waals surface area (Å²) in [4.78, 5) is 7.00. The molecule has 4 heteroatoms.